The van der Waals surface area contributed by atoms with Gasteiger partial charge in [0.1, 0.15) is 6.04 Å². The number of nitrogens with zero attached hydrogens (tertiary/aromatic N) is 3. The van der Waals surface area contributed by atoms with E-state index in [2.05, 4.69) is 29.0 Å². The van der Waals surface area contributed by atoms with Crippen LogP contribution >= 0.6 is 0 Å². The van der Waals surface area contributed by atoms with Crippen LogP contribution in [0.15, 0.2) is 103 Å². The normalized spacial score (nSPS) is 13.9. The van der Waals surface area contributed by atoms with E-state index in [0.29, 0.717) is 24.8 Å². The van der Waals surface area contributed by atoms with E-state index in [-0.39, 0.29) is 24.8 Å². The SMILES string of the molecule is CC(C)c1ccc(C(C(=O)Nc2ccc(N3CCOCC3)cc2)N(Cc2cccnc2)C(=O)Cc2ccccc2)cc1. The first kappa shape index (κ1) is 29.0. The fourth-order valence-electron chi connectivity index (χ4n) is 5.21. The van der Waals surface area contributed by atoms with Crippen molar-refractivity contribution in [3.63, 3.8) is 0 Å². The van der Waals surface area contributed by atoms with E-state index in [1.54, 1.807) is 17.3 Å². The summed E-state index contributed by atoms with van der Waals surface area (Å²) in [5.74, 6) is -0.0555. The summed E-state index contributed by atoms with van der Waals surface area (Å²) < 4.78 is 5.47. The molecule has 42 heavy (non-hydrogen) atoms. The molecule has 1 fully saturated rings. The highest BCUT2D eigenvalue weighted by Gasteiger charge is 2.32. The maximum absolute atomic E-state index is 14.2. The first-order valence-electron chi connectivity index (χ1n) is 14.5. The summed E-state index contributed by atoms with van der Waals surface area (Å²) in [6.45, 7) is 7.62. The van der Waals surface area contributed by atoms with E-state index in [1.165, 1.54) is 5.56 Å². The highest BCUT2D eigenvalue weighted by molar-refractivity contribution is 5.98. The molecule has 1 unspecified atom stereocenters. The molecule has 0 radical (unpaired) electrons. The topological polar surface area (TPSA) is 74.8 Å². The monoisotopic (exact) mass is 562 g/mol. The van der Waals surface area contributed by atoms with Crippen LogP contribution < -0.4 is 10.2 Å². The van der Waals surface area contributed by atoms with E-state index in [4.69, 9.17) is 4.74 Å². The van der Waals surface area contributed by atoms with Gasteiger partial charge < -0.3 is 19.9 Å². The average Bonchev–Trinajstić information content (AvgIpc) is 3.03. The van der Waals surface area contributed by atoms with Crippen LogP contribution in [0.3, 0.4) is 0 Å². The summed E-state index contributed by atoms with van der Waals surface area (Å²) in [6, 6.07) is 28.4. The maximum atomic E-state index is 14.2. The minimum absolute atomic E-state index is 0.138. The molecule has 5 rings (SSSR count). The van der Waals surface area contributed by atoms with Gasteiger partial charge in [-0.25, -0.2) is 0 Å². The van der Waals surface area contributed by atoms with Crippen molar-refractivity contribution < 1.29 is 14.3 Å². The zero-order valence-corrected chi connectivity index (χ0v) is 24.3. The van der Waals surface area contributed by atoms with Crippen LogP contribution in [0.2, 0.25) is 0 Å². The number of ether oxygens (including phenoxy) is 1. The van der Waals surface area contributed by atoms with Gasteiger partial charge in [0.15, 0.2) is 0 Å². The first-order chi connectivity index (χ1) is 20.5. The molecule has 1 N–H and O–H groups in total. The van der Waals surface area contributed by atoms with E-state index < -0.39 is 6.04 Å². The summed E-state index contributed by atoms with van der Waals surface area (Å²) in [5, 5.41) is 3.10. The van der Waals surface area contributed by atoms with E-state index in [0.717, 1.165) is 35.5 Å². The third kappa shape index (κ3) is 7.42. The van der Waals surface area contributed by atoms with Crippen molar-refractivity contribution in [2.45, 2.75) is 38.8 Å². The van der Waals surface area contributed by atoms with Crippen LogP contribution in [-0.2, 0) is 27.3 Å². The predicted octanol–water partition coefficient (Wildman–Crippen LogP) is 5.99. The Hall–Kier alpha value is -4.49. The quantitative estimate of drug-likeness (QED) is 0.257. The molecule has 3 aromatic carbocycles. The molecule has 0 saturated carbocycles. The molecule has 2 heterocycles. The lowest BCUT2D eigenvalue weighted by Crippen LogP contribution is -2.41. The van der Waals surface area contributed by atoms with Gasteiger partial charge in [-0.1, -0.05) is 74.5 Å². The van der Waals surface area contributed by atoms with Gasteiger partial charge in [-0.3, -0.25) is 14.6 Å². The average molecular weight is 563 g/mol. The number of carbonyl (C=O) groups excluding carboxylic acids is 2. The molecule has 4 aromatic rings. The van der Waals surface area contributed by atoms with Crippen molar-refractivity contribution >= 4 is 23.2 Å². The summed E-state index contributed by atoms with van der Waals surface area (Å²) in [5.41, 5.74) is 5.45. The number of carbonyl (C=O) groups is 2. The zero-order chi connectivity index (χ0) is 29.3. The Morgan fingerprint density at radius 3 is 2.17 bits per heavy atom. The Bertz CT molecular complexity index is 1440. The molecule has 0 bridgehead atoms. The minimum Gasteiger partial charge on any atom is -0.378 e. The first-order valence-corrected chi connectivity index (χ1v) is 14.5. The molecule has 1 atom stereocenters. The van der Waals surface area contributed by atoms with Crippen LogP contribution in [0.4, 0.5) is 11.4 Å². The minimum atomic E-state index is -0.846. The number of anilines is 2. The second-order valence-corrected chi connectivity index (χ2v) is 10.9. The smallest absolute Gasteiger partial charge is 0.251 e. The zero-order valence-electron chi connectivity index (χ0n) is 24.3. The summed E-state index contributed by atoms with van der Waals surface area (Å²) >= 11 is 0. The summed E-state index contributed by atoms with van der Waals surface area (Å²) in [7, 11) is 0. The number of rotatable bonds is 10. The van der Waals surface area contributed by atoms with Gasteiger partial charge in [0.25, 0.3) is 5.91 Å². The van der Waals surface area contributed by atoms with E-state index in [9.17, 15) is 9.59 Å². The number of nitrogens with one attached hydrogen (secondary N) is 1. The van der Waals surface area contributed by atoms with Gasteiger partial charge in [-0.15, -0.1) is 0 Å². The third-order valence-corrected chi connectivity index (χ3v) is 7.58. The Kier molecular flexibility index (Phi) is 9.62. The van der Waals surface area contributed by atoms with Crippen LogP contribution in [0, 0.1) is 0 Å². The highest BCUT2D eigenvalue weighted by Crippen LogP contribution is 2.28. The van der Waals surface area contributed by atoms with Crippen molar-refractivity contribution in [1.82, 2.24) is 9.88 Å². The largest absolute Gasteiger partial charge is 0.378 e. The van der Waals surface area contributed by atoms with Crippen LogP contribution in [-0.4, -0.2) is 48.0 Å². The Balaban J connectivity index is 1.47. The van der Waals surface area contributed by atoms with Gasteiger partial charge in [-0.2, -0.15) is 0 Å². The number of pyridine rings is 1. The molecule has 0 spiro atoms. The molecular formula is C35H38N4O3. The summed E-state index contributed by atoms with van der Waals surface area (Å²) in [6.07, 6.45) is 3.63. The number of benzene rings is 3. The van der Waals surface area contributed by atoms with Gasteiger partial charge >= 0.3 is 0 Å². The molecule has 1 aromatic heterocycles. The Labute approximate surface area is 248 Å². The molecule has 7 nitrogen and oxygen atoms in total. The van der Waals surface area contributed by atoms with Crippen molar-refractivity contribution in [2.24, 2.45) is 0 Å². The van der Waals surface area contributed by atoms with Crippen molar-refractivity contribution in [3.8, 4) is 0 Å². The van der Waals surface area contributed by atoms with Crippen molar-refractivity contribution in [1.29, 1.82) is 0 Å². The van der Waals surface area contributed by atoms with Crippen LogP contribution in [0.25, 0.3) is 0 Å². The predicted molar refractivity (Wildman–Crippen MR) is 166 cm³/mol. The summed E-state index contributed by atoms with van der Waals surface area (Å²) in [4.78, 5) is 36.3. The lowest BCUT2D eigenvalue weighted by atomic mass is 9.97. The molecular weight excluding hydrogens is 524 g/mol. The van der Waals surface area contributed by atoms with Gasteiger partial charge in [0.05, 0.1) is 19.6 Å². The van der Waals surface area contributed by atoms with Crippen LogP contribution in [0.5, 0.6) is 0 Å². The van der Waals surface area contributed by atoms with Gasteiger partial charge in [0, 0.05) is 43.4 Å². The maximum Gasteiger partial charge on any atom is 0.251 e. The number of hydrogen-bond acceptors (Lipinski definition) is 5. The molecule has 1 saturated heterocycles. The molecule has 7 heteroatoms. The van der Waals surface area contributed by atoms with Crippen molar-refractivity contribution in [2.75, 3.05) is 36.5 Å². The molecule has 216 valence electrons. The van der Waals surface area contributed by atoms with Gasteiger partial charge in [0.2, 0.25) is 5.91 Å². The van der Waals surface area contributed by atoms with E-state index >= 15 is 0 Å². The van der Waals surface area contributed by atoms with E-state index in [1.807, 2.05) is 91.0 Å². The highest BCUT2D eigenvalue weighted by atomic mass is 16.5. The molecule has 0 aliphatic carbocycles. The molecule has 1 aliphatic heterocycles. The number of amides is 2. The number of hydrogen-bond donors (Lipinski definition) is 1. The Morgan fingerprint density at radius 1 is 0.857 bits per heavy atom. The number of morpholine rings is 1. The second kappa shape index (κ2) is 13.9. The fraction of sp³-hybridized carbons (Fsp3) is 0.286. The lowest BCUT2D eigenvalue weighted by Gasteiger charge is -2.32. The molecule has 2 amide bonds. The van der Waals surface area contributed by atoms with Crippen LogP contribution in [0.1, 0.15) is 48.1 Å². The standard InChI is InChI=1S/C35H38N4O3/c1-26(2)29-10-12-30(13-11-29)34(35(41)37-31-14-16-32(17-15-31)38-19-21-42-22-20-38)39(25-28-9-6-18-36-24-28)33(40)23-27-7-4-3-5-8-27/h3-18,24,26,34H,19-23,25H2,1-2H3,(H,37,41). The lowest BCUT2D eigenvalue weighted by molar-refractivity contribution is -0.139. The number of aromatic nitrogens is 1. The molecule has 1 aliphatic rings. The van der Waals surface area contributed by atoms with Crippen molar-refractivity contribution in [3.05, 3.63) is 126 Å². The van der Waals surface area contributed by atoms with Gasteiger partial charge in [-0.05, 0) is 58.5 Å². The second-order valence-electron chi connectivity index (χ2n) is 10.9. The fourth-order valence-corrected chi connectivity index (χ4v) is 5.21. The Morgan fingerprint density at radius 2 is 1.52 bits per heavy atom. The third-order valence-electron chi connectivity index (χ3n) is 7.58.